The summed E-state index contributed by atoms with van der Waals surface area (Å²) in [6.45, 7) is 3.83. The standard InChI is InChI=1S/C14H19ClN2O2S.ClH/c1-2-20-13-4-3-10(15)5-11(13)14(19)17-7-9-6-16-8-12(9)18;/h3-5,9,12,16,18H,2,6-8H2,1H3,(H,17,19);1H. The number of thioether (sulfide) groups is 1. The Labute approximate surface area is 140 Å². The Morgan fingerprint density at radius 2 is 2.29 bits per heavy atom. The van der Waals surface area contributed by atoms with E-state index >= 15 is 0 Å². The molecule has 1 aliphatic rings. The van der Waals surface area contributed by atoms with Gasteiger partial charge >= 0.3 is 0 Å². The molecule has 1 amide bonds. The Kier molecular flexibility index (Phi) is 7.84. The molecule has 0 aliphatic carbocycles. The highest BCUT2D eigenvalue weighted by atomic mass is 35.5. The van der Waals surface area contributed by atoms with Crippen LogP contribution in [0.3, 0.4) is 0 Å². The number of hydrogen-bond donors (Lipinski definition) is 3. The molecule has 7 heteroatoms. The Balaban J connectivity index is 0.00000220. The molecule has 0 radical (unpaired) electrons. The fourth-order valence-corrected chi connectivity index (χ4v) is 3.16. The van der Waals surface area contributed by atoms with E-state index in [-0.39, 0.29) is 30.3 Å². The van der Waals surface area contributed by atoms with Crippen molar-refractivity contribution in [2.45, 2.75) is 17.9 Å². The summed E-state index contributed by atoms with van der Waals surface area (Å²) in [5.41, 5.74) is 0.602. The highest BCUT2D eigenvalue weighted by molar-refractivity contribution is 7.99. The summed E-state index contributed by atoms with van der Waals surface area (Å²) in [7, 11) is 0. The van der Waals surface area contributed by atoms with Gasteiger partial charge in [0, 0.05) is 35.5 Å². The zero-order valence-electron chi connectivity index (χ0n) is 11.8. The SMILES string of the molecule is CCSc1ccc(Cl)cc1C(=O)NCC1CNCC1O.Cl. The Morgan fingerprint density at radius 1 is 1.52 bits per heavy atom. The lowest BCUT2D eigenvalue weighted by atomic mass is 10.1. The summed E-state index contributed by atoms with van der Waals surface area (Å²) in [5, 5.41) is 16.3. The molecule has 1 saturated heterocycles. The molecule has 1 aromatic rings. The first-order valence-corrected chi connectivity index (χ1v) is 8.07. The second kappa shape index (κ2) is 8.86. The fourth-order valence-electron chi connectivity index (χ4n) is 2.21. The van der Waals surface area contributed by atoms with Crippen LogP contribution in [0.25, 0.3) is 0 Å². The first kappa shape index (κ1) is 18.6. The summed E-state index contributed by atoms with van der Waals surface area (Å²) in [6.07, 6.45) is -0.390. The quantitative estimate of drug-likeness (QED) is 0.712. The van der Waals surface area contributed by atoms with Gasteiger partial charge in [0.1, 0.15) is 0 Å². The average molecular weight is 351 g/mol. The van der Waals surface area contributed by atoms with Crippen LogP contribution in [-0.2, 0) is 0 Å². The minimum absolute atomic E-state index is 0. The largest absolute Gasteiger partial charge is 0.391 e. The van der Waals surface area contributed by atoms with Crippen LogP contribution in [0, 0.1) is 5.92 Å². The van der Waals surface area contributed by atoms with E-state index in [1.807, 2.05) is 13.0 Å². The van der Waals surface area contributed by atoms with Crippen LogP contribution in [0.15, 0.2) is 23.1 Å². The molecule has 2 rings (SSSR count). The first-order valence-electron chi connectivity index (χ1n) is 6.71. The first-order chi connectivity index (χ1) is 9.61. The second-order valence-electron chi connectivity index (χ2n) is 4.77. The number of aliphatic hydroxyl groups is 1. The molecule has 118 valence electrons. The molecule has 3 N–H and O–H groups in total. The van der Waals surface area contributed by atoms with Gasteiger partial charge < -0.3 is 15.7 Å². The minimum atomic E-state index is -0.390. The van der Waals surface area contributed by atoms with Gasteiger partial charge in [-0.1, -0.05) is 18.5 Å². The molecule has 1 fully saturated rings. The molecular formula is C14H20Cl2N2O2S. The lowest BCUT2D eigenvalue weighted by Crippen LogP contribution is -2.34. The molecule has 1 aromatic carbocycles. The molecule has 0 saturated carbocycles. The van der Waals surface area contributed by atoms with Gasteiger partial charge in [-0.05, 0) is 24.0 Å². The summed E-state index contributed by atoms with van der Waals surface area (Å²) in [5.74, 6) is 0.829. The lowest BCUT2D eigenvalue weighted by molar-refractivity contribution is 0.0924. The van der Waals surface area contributed by atoms with Crippen molar-refractivity contribution >= 4 is 41.7 Å². The van der Waals surface area contributed by atoms with Crippen molar-refractivity contribution in [2.24, 2.45) is 5.92 Å². The number of carbonyl (C=O) groups is 1. The van der Waals surface area contributed by atoms with E-state index in [9.17, 15) is 9.90 Å². The van der Waals surface area contributed by atoms with Crippen LogP contribution in [0.4, 0.5) is 0 Å². The van der Waals surface area contributed by atoms with E-state index in [1.54, 1.807) is 23.9 Å². The normalized spacial score (nSPS) is 20.9. The molecule has 0 bridgehead atoms. The van der Waals surface area contributed by atoms with Crippen molar-refractivity contribution < 1.29 is 9.90 Å². The van der Waals surface area contributed by atoms with E-state index in [2.05, 4.69) is 10.6 Å². The summed E-state index contributed by atoms with van der Waals surface area (Å²) < 4.78 is 0. The minimum Gasteiger partial charge on any atom is -0.391 e. The predicted octanol–water partition coefficient (Wildman–Crippen LogP) is 2.18. The third-order valence-corrected chi connectivity index (χ3v) is 4.51. The maximum absolute atomic E-state index is 12.3. The molecule has 0 spiro atoms. The molecule has 0 aromatic heterocycles. The molecule has 2 unspecified atom stereocenters. The number of rotatable bonds is 5. The van der Waals surface area contributed by atoms with Crippen LogP contribution in [0.2, 0.25) is 5.02 Å². The van der Waals surface area contributed by atoms with Gasteiger partial charge in [-0.3, -0.25) is 4.79 Å². The Hall–Kier alpha value is -0.460. The zero-order valence-corrected chi connectivity index (χ0v) is 14.2. The van der Waals surface area contributed by atoms with E-state index in [4.69, 9.17) is 11.6 Å². The number of β-amino-alcohol motifs (C(OH)–C–C–N with tert-alkyl or cyclic N) is 1. The van der Waals surface area contributed by atoms with Crippen molar-refractivity contribution in [3.63, 3.8) is 0 Å². The zero-order chi connectivity index (χ0) is 14.5. The summed E-state index contributed by atoms with van der Waals surface area (Å²) >= 11 is 7.59. The molecule has 2 atom stereocenters. The molecule has 1 heterocycles. The van der Waals surface area contributed by atoms with Crippen LogP contribution in [0.1, 0.15) is 17.3 Å². The van der Waals surface area contributed by atoms with Crippen molar-refractivity contribution in [1.82, 2.24) is 10.6 Å². The lowest BCUT2D eigenvalue weighted by Gasteiger charge is -2.15. The molecule has 4 nitrogen and oxygen atoms in total. The summed E-state index contributed by atoms with van der Waals surface area (Å²) in [6, 6.07) is 5.36. The molecule has 1 aliphatic heterocycles. The maximum atomic E-state index is 12.3. The maximum Gasteiger partial charge on any atom is 0.252 e. The van der Waals surface area contributed by atoms with Gasteiger partial charge in [-0.2, -0.15) is 0 Å². The smallest absolute Gasteiger partial charge is 0.252 e. The van der Waals surface area contributed by atoms with Crippen LogP contribution in [0.5, 0.6) is 0 Å². The van der Waals surface area contributed by atoms with Gasteiger partial charge in [0.2, 0.25) is 0 Å². The van der Waals surface area contributed by atoms with Gasteiger partial charge in [0.15, 0.2) is 0 Å². The highest BCUT2D eigenvalue weighted by Crippen LogP contribution is 2.25. The second-order valence-corrected chi connectivity index (χ2v) is 6.51. The van der Waals surface area contributed by atoms with E-state index in [1.165, 1.54) is 0 Å². The molecular weight excluding hydrogens is 331 g/mol. The number of hydrogen-bond acceptors (Lipinski definition) is 4. The average Bonchev–Trinajstić information content (AvgIpc) is 2.84. The van der Waals surface area contributed by atoms with Gasteiger partial charge in [-0.15, -0.1) is 24.2 Å². The number of aliphatic hydroxyl groups excluding tert-OH is 1. The highest BCUT2D eigenvalue weighted by Gasteiger charge is 2.25. The third-order valence-electron chi connectivity index (χ3n) is 3.32. The van der Waals surface area contributed by atoms with Crippen LogP contribution < -0.4 is 10.6 Å². The van der Waals surface area contributed by atoms with E-state index < -0.39 is 0 Å². The number of nitrogens with one attached hydrogen (secondary N) is 2. The Morgan fingerprint density at radius 3 is 2.90 bits per heavy atom. The number of benzene rings is 1. The fraction of sp³-hybridized carbons (Fsp3) is 0.500. The van der Waals surface area contributed by atoms with Gasteiger partial charge in [-0.25, -0.2) is 0 Å². The van der Waals surface area contributed by atoms with Crippen molar-refractivity contribution in [3.8, 4) is 0 Å². The monoisotopic (exact) mass is 350 g/mol. The van der Waals surface area contributed by atoms with E-state index in [0.717, 1.165) is 17.2 Å². The van der Waals surface area contributed by atoms with Crippen LogP contribution >= 0.6 is 35.8 Å². The van der Waals surface area contributed by atoms with Crippen molar-refractivity contribution in [2.75, 3.05) is 25.4 Å². The number of amides is 1. The molecule has 21 heavy (non-hydrogen) atoms. The van der Waals surface area contributed by atoms with Crippen molar-refractivity contribution in [1.29, 1.82) is 0 Å². The topological polar surface area (TPSA) is 61.4 Å². The Bertz CT molecular complexity index is 488. The summed E-state index contributed by atoms with van der Waals surface area (Å²) in [4.78, 5) is 13.2. The number of halogens is 2. The van der Waals surface area contributed by atoms with E-state index in [0.29, 0.717) is 23.7 Å². The van der Waals surface area contributed by atoms with Gasteiger partial charge in [0.25, 0.3) is 5.91 Å². The van der Waals surface area contributed by atoms with Crippen molar-refractivity contribution in [3.05, 3.63) is 28.8 Å². The van der Waals surface area contributed by atoms with Gasteiger partial charge in [0.05, 0.1) is 11.7 Å². The predicted molar refractivity (Wildman–Crippen MR) is 89.8 cm³/mol. The van der Waals surface area contributed by atoms with Crippen LogP contribution in [-0.4, -0.2) is 42.5 Å². The third kappa shape index (κ3) is 5.04. The number of carbonyl (C=O) groups excluding carboxylic acids is 1.